The van der Waals surface area contributed by atoms with Crippen LogP contribution in [0, 0.1) is 6.92 Å². The van der Waals surface area contributed by atoms with Crippen LogP contribution < -0.4 is 20.3 Å². The number of nitrogens with zero attached hydrogens (tertiary/aromatic N) is 2. The molecule has 0 bridgehead atoms. The van der Waals surface area contributed by atoms with Gasteiger partial charge in [-0.05, 0) is 43.5 Å². The molecule has 34 heavy (non-hydrogen) atoms. The summed E-state index contributed by atoms with van der Waals surface area (Å²) < 4.78 is 5.52. The maximum absolute atomic E-state index is 12.9. The predicted molar refractivity (Wildman–Crippen MR) is 132 cm³/mol. The Bertz CT molecular complexity index is 1030. The lowest BCUT2D eigenvalue weighted by Crippen LogP contribution is -2.48. The molecule has 3 amide bonds. The number of methoxy groups -OCH3 is 1. The number of aliphatic carboxylic acids is 1. The summed E-state index contributed by atoms with van der Waals surface area (Å²) in [4.78, 5) is 40.1. The topological polar surface area (TPSA) is 111 Å². The number of likely N-dealkylation sites (tertiary alicyclic amines) is 1. The molecular formula is C25H32N4O5. The molecule has 182 valence electrons. The second kappa shape index (κ2) is 11.5. The first kappa shape index (κ1) is 25.0. The molecule has 1 fully saturated rings. The van der Waals surface area contributed by atoms with Crippen molar-refractivity contribution in [2.45, 2.75) is 39.2 Å². The van der Waals surface area contributed by atoms with Crippen molar-refractivity contribution in [3.8, 4) is 5.75 Å². The highest BCUT2D eigenvalue weighted by Gasteiger charge is 2.29. The number of piperidine rings is 1. The quantitative estimate of drug-likeness (QED) is 0.541. The first-order chi connectivity index (χ1) is 16.3. The Morgan fingerprint density at radius 1 is 1.09 bits per heavy atom. The number of hydrogen-bond acceptors (Lipinski definition) is 5. The Balaban J connectivity index is 1.76. The Morgan fingerprint density at radius 2 is 1.76 bits per heavy atom. The third-order valence-corrected chi connectivity index (χ3v) is 5.96. The van der Waals surface area contributed by atoms with Crippen LogP contribution >= 0.6 is 0 Å². The van der Waals surface area contributed by atoms with Crippen LogP contribution in [0.1, 0.15) is 31.7 Å². The molecule has 0 unspecified atom stereocenters. The van der Waals surface area contributed by atoms with Crippen molar-refractivity contribution >= 4 is 35.0 Å². The zero-order valence-electron chi connectivity index (χ0n) is 19.8. The molecular weight excluding hydrogens is 436 g/mol. The summed E-state index contributed by atoms with van der Waals surface area (Å²) in [6.07, 6.45) is 1.71. The van der Waals surface area contributed by atoms with Crippen molar-refractivity contribution in [2.24, 2.45) is 0 Å². The van der Waals surface area contributed by atoms with E-state index in [1.807, 2.05) is 43.0 Å². The molecule has 1 heterocycles. The van der Waals surface area contributed by atoms with E-state index in [-0.39, 0.29) is 18.5 Å². The third-order valence-electron chi connectivity index (χ3n) is 5.96. The van der Waals surface area contributed by atoms with E-state index in [2.05, 4.69) is 10.6 Å². The van der Waals surface area contributed by atoms with Gasteiger partial charge in [-0.3, -0.25) is 14.5 Å². The number of aryl methyl sites for hydroxylation is 1. The van der Waals surface area contributed by atoms with E-state index in [1.165, 1.54) is 7.11 Å². The summed E-state index contributed by atoms with van der Waals surface area (Å²) in [6, 6.07) is 12.3. The summed E-state index contributed by atoms with van der Waals surface area (Å²) in [5, 5.41) is 14.7. The smallest absolute Gasteiger partial charge is 0.323 e. The molecule has 3 N–H and O–H groups in total. The van der Waals surface area contributed by atoms with Crippen LogP contribution in [0.15, 0.2) is 42.5 Å². The number of carboxylic acids is 1. The second-order valence-electron chi connectivity index (χ2n) is 8.30. The number of carboxylic acid groups (broad SMARTS) is 1. The monoisotopic (exact) mass is 468 g/mol. The van der Waals surface area contributed by atoms with Crippen LogP contribution in [-0.2, 0) is 9.59 Å². The zero-order chi connectivity index (χ0) is 24.7. The van der Waals surface area contributed by atoms with Crippen LogP contribution in [0.4, 0.5) is 21.9 Å². The molecule has 2 aromatic carbocycles. The number of carbonyl (C=O) groups excluding carboxylic acids is 2. The predicted octanol–water partition coefficient (Wildman–Crippen LogP) is 3.94. The fourth-order valence-corrected chi connectivity index (χ4v) is 4.18. The molecule has 0 spiro atoms. The number of hydrogen-bond donors (Lipinski definition) is 3. The van der Waals surface area contributed by atoms with Gasteiger partial charge in [-0.2, -0.15) is 0 Å². The maximum Gasteiger partial charge on any atom is 0.323 e. The summed E-state index contributed by atoms with van der Waals surface area (Å²) >= 11 is 0. The van der Waals surface area contributed by atoms with E-state index in [4.69, 9.17) is 9.84 Å². The van der Waals surface area contributed by atoms with Gasteiger partial charge in [0.2, 0.25) is 5.91 Å². The van der Waals surface area contributed by atoms with Gasteiger partial charge in [0.25, 0.3) is 0 Å². The molecule has 1 aliphatic heterocycles. The molecule has 0 radical (unpaired) electrons. The molecule has 0 aliphatic carbocycles. The van der Waals surface area contributed by atoms with Crippen LogP contribution in [-0.4, -0.2) is 60.7 Å². The normalized spacial score (nSPS) is 14.3. The largest absolute Gasteiger partial charge is 0.494 e. The molecule has 1 saturated heterocycles. The van der Waals surface area contributed by atoms with Crippen molar-refractivity contribution in [3.63, 3.8) is 0 Å². The average molecular weight is 469 g/mol. The number of benzene rings is 2. The zero-order valence-corrected chi connectivity index (χ0v) is 19.8. The van der Waals surface area contributed by atoms with Crippen LogP contribution in [0.5, 0.6) is 5.75 Å². The summed E-state index contributed by atoms with van der Waals surface area (Å²) in [5.74, 6) is -0.425. The number of carbonyl (C=O) groups is 3. The summed E-state index contributed by atoms with van der Waals surface area (Å²) in [6.45, 7) is 4.96. The summed E-state index contributed by atoms with van der Waals surface area (Å²) in [7, 11) is 1.51. The molecule has 3 rings (SSSR count). The van der Waals surface area contributed by atoms with Crippen molar-refractivity contribution in [3.05, 3.63) is 48.0 Å². The van der Waals surface area contributed by atoms with E-state index in [0.29, 0.717) is 55.2 Å². The third kappa shape index (κ3) is 6.26. The minimum Gasteiger partial charge on any atom is -0.494 e. The van der Waals surface area contributed by atoms with Gasteiger partial charge in [-0.15, -0.1) is 0 Å². The molecule has 9 heteroatoms. The Hall–Kier alpha value is -3.59. The number of anilines is 3. The molecule has 0 atom stereocenters. The minimum absolute atomic E-state index is 0.00715. The van der Waals surface area contributed by atoms with Gasteiger partial charge in [-0.25, -0.2) is 4.79 Å². The van der Waals surface area contributed by atoms with Gasteiger partial charge < -0.3 is 25.4 Å². The van der Waals surface area contributed by atoms with Gasteiger partial charge in [0.05, 0.1) is 19.3 Å². The van der Waals surface area contributed by atoms with Gasteiger partial charge in [0.15, 0.2) is 0 Å². The highest BCUT2D eigenvalue weighted by atomic mass is 16.5. The number of amides is 3. The van der Waals surface area contributed by atoms with E-state index in [9.17, 15) is 14.4 Å². The van der Waals surface area contributed by atoms with E-state index in [1.54, 1.807) is 23.1 Å². The van der Waals surface area contributed by atoms with Gasteiger partial charge in [-0.1, -0.05) is 25.1 Å². The number of urea groups is 1. The highest BCUT2D eigenvalue weighted by Crippen LogP contribution is 2.33. The first-order valence-corrected chi connectivity index (χ1v) is 11.4. The Labute approximate surface area is 199 Å². The van der Waals surface area contributed by atoms with Crippen LogP contribution in [0.3, 0.4) is 0 Å². The van der Waals surface area contributed by atoms with Crippen LogP contribution in [0.25, 0.3) is 0 Å². The highest BCUT2D eigenvalue weighted by molar-refractivity contribution is 6.01. The lowest BCUT2D eigenvalue weighted by atomic mass is 10.0. The molecule has 9 nitrogen and oxygen atoms in total. The lowest BCUT2D eigenvalue weighted by molar-refractivity contribution is -0.138. The minimum atomic E-state index is -0.848. The summed E-state index contributed by atoms with van der Waals surface area (Å²) in [5.41, 5.74) is 2.83. The molecule has 0 aromatic heterocycles. The van der Waals surface area contributed by atoms with Gasteiger partial charge in [0, 0.05) is 43.0 Å². The Morgan fingerprint density at radius 3 is 2.38 bits per heavy atom. The van der Waals surface area contributed by atoms with Crippen molar-refractivity contribution in [1.29, 1.82) is 0 Å². The molecule has 1 aliphatic rings. The van der Waals surface area contributed by atoms with Crippen molar-refractivity contribution in [1.82, 2.24) is 4.90 Å². The number of rotatable bonds is 8. The van der Waals surface area contributed by atoms with Crippen LogP contribution in [0.2, 0.25) is 0 Å². The van der Waals surface area contributed by atoms with Gasteiger partial charge >= 0.3 is 12.0 Å². The van der Waals surface area contributed by atoms with Gasteiger partial charge in [0.1, 0.15) is 5.75 Å². The molecule has 0 saturated carbocycles. The van der Waals surface area contributed by atoms with E-state index >= 15 is 0 Å². The Kier molecular flexibility index (Phi) is 8.48. The SMILES string of the molecule is CCC(=O)N(c1ccc(NC(=O)Nc2ccccc2C)c(OC)c1)C1CCN(CC(=O)O)CC1. The average Bonchev–Trinajstić information content (AvgIpc) is 2.82. The van der Waals surface area contributed by atoms with E-state index < -0.39 is 12.0 Å². The fraction of sp³-hybridized carbons (Fsp3) is 0.400. The van der Waals surface area contributed by atoms with Crippen molar-refractivity contribution in [2.75, 3.05) is 42.3 Å². The standard InChI is InChI=1S/C25H32N4O5/c1-4-23(30)29(18-11-13-28(14-12-18)16-24(31)32)19-9-10-21(22(15-19)34-3)27-25(33)26-20-8-6-5-7-17(20)2/h5-10,15,18H,4,11-14,16H2,1-3H3,(H,31,32)(H2,26,27,33). The molecule has 2 aromatic rings. The lowest BCUT2D eigenvalue weighted by Gasteiger charge is -2.38. The fourth-order valence-electron chi connectivity index (χ4n) is 4.18. The first-order valence-electron chi connectivity index (χ1n) is 11.4. The van der Waals surface area contributed by atoms with Crippen molar-refractivity contribution < 1.29 is 24.2 Å². The maximum atomic E-state index is 12.9. The second-order valence-corrected chi connectivity index (χ2v) is 8.30. The number of para-hydroxylation sites is 1. The number of nitrogens with one attached hydrogen (secondary N) is 2. The van der Waals surface area contributed by atoms with E-state index in [0.717, 1.165) is 5.56 Å². The number of ether oxygens (including phenoxy) is 1.